The number of aromatic nitrogens is 2. The van der Waals surface area contributed by atoms with E-state index in [1.54, 1.807) is 24.3 Å². The lowest BCUT2D eigenvalue weighted by Crippen LogP contribution is -2.47. The standard InChI is InChI=1S/C23H28N4O2/c28-21(18-8-3-6-12-22(18)29)11-2-1-7-13-26-14-16-27(17-15-26)23-24-19-9-4-5-10-20(19)25-23/h3-6,8-10,12,29H,1-2,7,11,13-17H2,(H,24,25). The number of benzene rings is 2. The van der Waals surface area contributed by atoms with E-state index < -0.39 is 0 Å². The van der Waals surface area contributed by atoms with E-state index in [2.05, 4.69) is 20.9 Å². The second-order valence-electron chi connectivity index (χ2n) is 7.66. The number of phenols is 1. The Morgan fingerprint density at radius 3 is 2.52 bits per heavy atom. The van der Waals surface area contributed by atoms with E-state index in [0.29, 0.717) is 12.0 Å². The smallest absolute Gasteiger partial charge is 0.203 e. The van der Waals surface area contributed by atoms with Crippen molar-refractivity contribution in [1.82, 2.24) is 14.9 Å². The zero-order valence-corrected chi connectivity index (χ0v) is 16.7. The highest BCUT2D eigenvalue weighted by Gasteiger charge is 2.19. The summed E-state index contributed by atoms with van der Waals surface area (Å²) in [5.41, 5.74) is 2.54. The monoisotopic (exact) mass is 392 g/mol. The number of piperazine rings is 1. The van der Waals surface area contributed by atoms with E-state index in [4.69, 9.17) is 4.98 Å². The highest BCUT2D eigenvalue weighted by molar-refractivity contribution is 5.98. The van der Waals surface area contributed by atoms with Crippen LogP contribution in [0.2, 0.25) is 0 Å². The van der Waals surface area contributed by atoms with Gasteiger partial charge in [0.05, 0.1) is 16.6 Å². The van der Waals surface area contributed by atoms with Crippen molar-refractivity contribution in [3.05, 3.63) is 54.1 Å². The lowest BCUT2D eigenvalue weighted by Gasteiger charge is -2.34. The summed E-state index contributed by atoms with van der Waals surface area (Å²) in [5.74, 6) is 1.08. The average Bonchev–Trinajstić information content (AvgIpc) is 3.18. The van der Waals surface area contributed by atoms with E-state index in [1.165, 1.54) is 0 Å². The third kappa shape index (κ3) is 4.77. The number of fused-ring (bicyclic) bond motifs is 1. The molecule has 0 amide bonds. The van der Waals surface area contributed by atoms with Crippen molar-refractivity contribution in [3.8, 4) is 5.75 Å². The molecule has 0 aliphatic carbocycles. The van der Waals surface area contributed by atoms with Crippen molar-refractivity contribution in [2.75, 3.05) is 37.6 Å². The molecule has 0 radical (unpaired) electrons. The molecule has 2 aromatic carbocycles. The van der Waals surface area contributed by atoms with Gasteiger partial charge in [0, 0.05) is 32.6 Å². The third-order valence-electron chi connectivity index (χ3n) is 5.63. The van der Waals surface area contributed by atoms with Crippen molar-refractivity contribution in [2.45, 2.75) is 25.7 Å². The highest BCUT2D eigenvalue weighted by Crippen LogP contribution is 2.20. The van der Waals surface area contributed by atoms with Crippen LogP contribution in [0.25, 0.3) is 11.0 Å². The predicted octanol–water partition coefficient (Wildman–Crippen LogP) is 3.83. The Morgan fingerprint density at radius 2 is 1.72 bits per heavy atom. The number of Topliss-reactive ketones (excluding diaryl/α,β-unsaturated/α-hetero) is 1. The number of ketones is 1. The summed E-state index contributed by atoms with van der Waals surface area (Å²) < 4.78 is 0. The molecule has 0 unspecified atom stereocenters. The molecule has 6 heteroatoms. The Hall–Kier alpha value is -2.86. The van der Waals surface area contributed by atoms with Crippen molar-refractivity contribution < 1.29 is 9.90 Å². The first-order chi connectivity index (χ1) is 14.2. The minimum Gasteiger partial charge on any atom is -0.507 e. The van der Waals surface area contributed by atoms with E-state index in [9.17, 15) is 9.90 Å². The first-order valence-electron chi connectivity index (χ1n) is 10.4. The zero-order valence-electron chi connectivity index (χ0n) is 16.7. The number of nitrogens with zero attached hydrogens (tertiary/aromatic N) is 3. The summed E-state index contributed by atoms with van der Waals surface area (Å²) in [6.07, 6.45) is 3.49. The van der Waals surface area contributed by atoms with Gasteiger partial charge in [-0.25, -0.2) is 4.98 Å². The van der Waals surface area contributed by atoms with E-state index >= 15 is 0 Å². The molecule has 2 heterocycles. The molecular weight excluding hydrogens is 364 g/mol. The molecule has 152 valence electrons. The number of unbranched alkanes of at least 4 members (excludes halogenated alkanes) is 2. The SMILES string of the molecule is O=C(CCCCCN1CCN(c2nc3ccccc3[nH]2)CC1)c1ccccc1O. The van der Waals surface area contributed by atoms with Crippen molar-refractivity contribution in [3.63, 3.8) is 0 Å². The average molecular weight is 393 g/mol. The Labute approximate surface area is 171 Å². The number of aromatic hydroxyl groups is 1. The van der Waals surface area contributed by atoms with E-state index in [0.717, 1.165) is 69.0 Å². The van der Waals surface area contributed by atoms with Crippen LogP contribution in [0, 0.1) is 0 Å². The fourth-order valence-corrected chi connectivity index (χ4v) is 3.91. The molecule has 1 aliphatic heterocycles. The van der Waals surface area contributed by atoms with E-state index in [1.807, 2.05) is 18.2 Å². The number of rotatable bonds is 8. The molecule has 0 spiro atoms. The lowest BCUT2D eigenvalue weighted by atomic mass is 10.0. The molecule has 6 nitrogen and oxygen atoms in total. The van der Waals surface area contributed by atoms with E-state index in [-0.39, 0.29) is 11.5 Å². The quantitative estimate of drug-likeness (QED) is 0.450. The summed E-state index contributed by atoms with van der Waals surface area (Å²) in [7, 11) is 0. The van der Waals surface area contributed by atoms with Gasteiger partial charge in [-0.3, -0.25) is 9.69 Å². The van der Waals surface area contributed by atoms with Gasteiger partial charge in [0.2, 0.25) is 5.95 Å². The maximum atomic E-state index is 12.2. The molecule has 1 aliphatic rings. The molecular formula is C23H28N4O2. The normalized spacial score (nSPS) is 15.1. The topological polar surface area (TPSA) is 72.5 Å². The number of imidazole rings is 1. The van der Waals surface area contributed by atoms with Crippen molar-refractivity contribution >= 4 is 22.8 Å². The summed E-state index contributed by atoms with van der Waals surface area (Å²) in [6.45, 7) is 5.09. The Kier molecular flexibility index (Phi) is 6.10. The minimum absolute atomic E-state index is 0.0301. The summed E-state index contributed by atoms with van der Waals surface area (Å²) in [4.78, 5) is 25.1. The molecule has 0 bridgehead atoms. The highest BCUT2D eigenvalue weighted by atomic mass is 16.3. The third-order valence-corrected chi connectivity index (χ3v) is 5.63. The number of H-pyrrole nitrogens is 1. The van der Waals surface area contributed by atoms with Crippen LogP contribution in [0.4, 0.5) is 5.95 Å². The van der Waals surface area contributed by atoms with Gasteiger partial charge in [-0.2, -0.15) is 0 Å². The number of carbonyl (C=O) groups excluding carboxylic acids is 1. The van der Waals surface area contributed by atoms with Gasteiger partial charge in [-0.15, -0.1) is 0 Å². The van der Waals surface area contributed by atoms with Gasteiger partial charge in [-0.1, -0.05) is 30.7 Å². The largest absolute Gasteiger partial charge is 0.507 e. The lowest BCUT2D eigenvalue weighted by molar-refractivity contribution is 0.0976. The second-order valence-corrected chi connectivity index (χ2v) is 7.66. The van der Waals surface area contributed by atoms with Crippen LogP contribution in [-0.2, 0) is 0 Å². The molecule has 2 N–H and O–H groups in total. The summed E-state index contributed by atoms with van der Waals surface area (Å²) in [5, 5.41) is 9.76. The molecule has 29 heavy (non-hydrogen) atoms. The predicted molar refractivity (Wildman–Crippen MR) is 116 cm³/mol. The second kappa shape index (κ2) is 9.09. The molecule has 0 saturated carbocycles. The number of carbonyl (C=O) groups is 1. The first-order valence-corrected chi connectivity index (χ1v) is 10.4. The van der Waals surface area contributed by atoms with Gasteiger partial charge >= 0.3 is 0 Å². The van der Waals surface area contributed by atoms with Crippen LogP contribution in [0.15, 0.2) is 48.5 Å². The van der Waals surface area contributed by atoms with Crippen LogP contribution in [0.3, 0.4) is 0 Å². The molecule has 1 aromatic heterocycles. The van der Waals surface area contributed by atoms with Crippen LogP contribution < -0.4 is 4.90 Å². The summed E-state index contributed by atoms with van der Waals surface area (Å²) in [6, 6.07) is 14.9. The first kappa shape index (κ1) is 19.5. The molecule has 0 atom stereocenters. The minimum atomic E-state index is 0.0301. The fraction of sp³-hybridized carbons (Fsp3) is 0.391. The van der Waals surface area contributed by atoms with Crippen LogP contribution in [-0.4, -0.2) is 58.5 Å². The van der Waals surface area contributed by atoms with Crippen LogP contribution in [0.5, 0.6) is 5.75 Å². The number of hydrogen-bond acceptors (Lipinski definition) is 5. The van der Waals surface area contributed by atoms with Gasteiger partial charge in [0.1, 0.15) is 5.75 Å². The number of hydrogen-bond donors (Lipinski definition) is 2. The fourth-order valence-electron chi connectivity index (χ4n) is 3.91. The maximum Gasteiger partial charge on any atom is 0.203 e. The zero-order chi connectivity index (χ0) is 20.1. The molecule has 1 saturated heterocycles. The Morgan fingerprint density at radius 1 is 0.966 bits per heavy atom. The van der Waals surface area contributed by atoms with Gasteiger partial charge in [0.25, 0.3) is 0 Å². The number of phenolic OH excluding ortho intramolecular Hbond substituents is 1. The Balaban J connectivity index is 1.15. The molecule has 4 rings (SSSR count). The number of anilines is 1. The van der Waals surface area contributed by atoms with Crippen molar-refractivity contribution in [2.24, 2.45) is 0 Å². The maximum absolute atomic E-state index is 12.2. The van der Waals surface area contributed by atoms with Gasteiger partial charge in [0.15, 0.2) is 5.78 Å². The van der Waals surface area contributed by atoms with Gasteiger partial charge in [-0.05, 0) is 43.7 Å². The van der Waals surface area contributed by atoms with Crippen molar-refractivity contribution in [1.29, 1.82) is 0 Å². The number of para-hydroxylation sites is 3. The Bertz CT molecular complexity index is 927. The number of nitrogens with one attached hydrogen (secondary N) is 1. The summed E-state index contributed by atoms with van der Waals surface area (Å²) >= 11 is 0. The van der Waals surface area contributed by atoms with Crippen LogP contribution in [0.1, 0.15) is 36.0 Å². The molecule has 3 aromatic rings. The number of aromatic amines is 1. The molecule has 1 fully saturated rings. The van der Waals surface area contributed by atoms with Gasteiger partial charge < -0.3 is 15.0 Å². The van der Waals surface area contributed by atoms with Crippen LogP contribution >= 0.6 is 0 Å².